The molecule has 0 amide bonds. The Bertz CT molecular complexity index is 685. The molecule has 6 nitrogen and oxygen atoms in total. The molecule has 0 saturated carbocycles. The Hall–Kier alpha value is -1.61. The molecule has 1 aromatic carbocycles. The number of nitrogens with zero attached hydrogens (tertiary/aromatic N) is 4. The smallest absolute Gasteiger partial charge is 0.191 e. The second-order valence-electron chi connectivity index (χ2n) is 6.70. The number of rotatable bonds is 6. The number of hydrogen-bond donors (Lipinski definition) is 2. The van der Waals surface area contributed by atoms with Crippen molar-refractivity contribution in [3.63, 3.8) is 0 Å². The highest BCUT2D eigenvalue weighted by molar-refractivity contribution is 14.0. The molecule has 7 heteroatoms. The van der Waals surface area contributed by atoms with Gasteiger partial charge in [0.25, 0.3) is 0 Å². The van der Waals surface area contributed by atoms with Crippen LogP contribution in [-0.4, -0.2) is 54.4 Å². The highest BCUT2D eigenvalue weighted by Gasteiger charge is 2.19. The van der Waals surface area contributed by atoms with E-state index in [-0.39, 0.29) is 24.0 Å². The lowest BCUT2D eigenvalue weighted by Gasteiger charge is -2.16. The zero-order valence-corrected chi connectivity index (χ0v) is 17.9. The van der Waals surface area contributed by atoms with Crippen molar-refractivity contribution in [3.8, 4) is 0 Å². The lowest BCUT2D eigenvalue weighted by molar-refractivity contribution is 0.394. The van der Waals surface area contributed by atoms with E-state index in [9.17, 15) is 0 Å². The zero-order chi connectivity index (χ0) is 17.5. The molecule has 1 atom stereocenters. The summed E-state index contributed by atoms with van der Waals surface area (Å²) in [4.78, 5) is 6.73. The summed E-state index contributed by atoms with van der Waals surface area (Å²) in [5.74, 6) is 1.57. The Balaban J connectivity index is 0.00000243. The number of hydrogen-bond acceptors (Lipinski definition) is 3. The molecular weight excluding hydrogens is 439 g/mol. The van der Waals surface area contributed by atoms with E-state index < -0.39 is 0 Å². The molecule has 1 aliphatic heterocycles. The average molecular weight is 468 g/mol. The topological polar surface area (TPSA) is 57.5 Å². The van der Waals surface area contributed by atoms with Crippen LogP contribution in [-0.2, 0) is 13.1 Å². The van der Waals surface area contributed by atoms with Crippen LogP contribution in [0.5, 0.6) is 0 Å². The van der Waals surface area contributed by atoms with Gasteiger partial charge in [-0.1, -0.05) is 24.3 Å². The molecule has 1 unspecified atom stereocenters. The molecule has 1 aliphatic rings. The fourth-order valence-corrected chi connectivity index (χ4v) is 3.29. The third-order valence-corrected chi connectivity index (χ3v) is 4.73. The largest absolute Gasteiger partial charge is 0.356 e. The molecule has 2 heterocycles. The van der Waals surface area contributed by atoms with Crippen LogP contribution in [0.25, 0.3) is 0 Å². The van der Waals surface area contributed by atoms with Gasteiger partial charge in [0.15, 0.2) is 5.96 Å². The van der Waals surface area contributed by atoms with Crippen LogP contribution in [0.4, 0.5) is 0 Å². The quantitative estimate of drug-likeness (QED) is 0.388. The summed E-state index contributed by atoms with van der Waals surface area (Å²) in [7, 11) is 4.01. The minimum absolute atomic E-state index is 0. The predicted octanol–water partition coefficient (Wildman–Crippen LogP) is 2.17. The zero-order valence-electron chi connectivity index (χ0n) is 15.6. The van der Waals surface area contributed by atoms with Crippen molar-refractivity contribution in [2.45, 2.75) is 19.5 Å². The van der Waals surface area contributed by atoms with Gasteiger partial charge in [-0.05, 0) is 43.1 Å². The van der Waals surface area contributed by atoms with Crippen LogP contribution < -0.4 is 10.6 Å². The second-order valence-corrected chi connectivity index (χ2v) is 6.70. The van der Waals surface area contributed by atoms with Crippen molar-refractivity contribution >= 4 is 29.9 Å². The van der Waals surface area contributed by atoms with Crippen LogP contribution >= 0.6 is 24.0 Å². The summed E-state index contributed by atoms with van der Waals surface area (Å²) >= 11 is 0. The Morgan fingerprint density at radius 2 is 2.04 bits per heavy atom. The van der Waals surface area contributed by atoms with Crippen LogP contribution in [0.2, 0.25) is 0 Å². The standard InChI is InChI=1S/C19H28N6.HI/c1-20-19(21-12-16-8-11-24(2)14-16)22-13-17-6-3-4-7-18(17)15-25-10-5-9-23-25;/h3-7,9-10,16H,8,11-15H2,1-2H3,(H2,20,21,22);1H. The third kappa shape index (κ3) is 5.98. The SMILES string of the molecule is CN=C(NCc1ccccc1Cn1cccn1)NCC1CCN(C)C1.I. The fourth-order valence-electron chi connectivity index (χ4n) is 3.29. The lowest BCUT2D eigenvalue weighted by Crippen LogP contribution is -2.40. The summed E-state index contributed by atoms with van der Waals surface area (Å²) in [5.41, 5.74) is 2.54. The van der Waals surface area contributed by atoms with E-state index in [1.807, 2.05) is 30.2 Å². The van der Waals surface area contributed by atoms with Gasteiger partial charge < -0.3 is 15.5 Å². The van der Waals surface area contributed by atoms with Gasteiger partial charge in [-0.25, -0.2) is 0 Å². The average Bonchev–Trinajstić information content (AvgIpc) is 3.28. The molecule has 3 rings (SSSR count). The maximum atomic E-state index is 4.35. The molecule has 0 aliphatic carbocycles. The van der Waals surface area contributed by atoms with Gasteiger partial charge in [-0.2, -0.15) is 5.10 Å². The number of nitrogens with one attached hydrogen (secondary N) is 2. The summed E-state index contributed by atoms with van der Waals surface area (Å²) in [6, 6.07) is 10.4. The molecule has 2 aromatic rings. The Kier molecular flexibility index (Phi) is 8.37. The number of aromatic nitrogens is 2. The van der Waals surface area contributed by atoms with E-state index in [1.165, 1.54) is 24.1 Å². The van der Waals surface area contributed by atoms with E-state index in [1.54, 1.807) is 0 Å². The number of halogens is 1. The minimum Gasteiger partial charge on any atom is -0.356 e. The van der Waals surface area contributed by atoms with Gasteiger partial charge in [0.2, 0.25) is 0 Å². The Morgan fingerprint density at radius 3 is 2.69 bits per heavy atom. The Morgan fingerprint density at radius 1 is 1.23 bits per heavy atom. The normalized spacial score (nSPS) is 17.8. The molecule has 0 bridgehead atoms. The lowest BCUT2D eigenvalue weighted by atomic mass is 10.1. The van der Waals surface area contributed by atoms with E-state index in [2.05, 4.69) is 56.9 Å². The molecule has 0 spiro atoms. The molecule has 1 aromatic heterocycles. The molecule has 2 N–H and O–H groups in total. The first-order valence-corrected chi connectivity index (χ1v) is 8.92. The third-order valence-electron chi connectivity index (χ3n) is 4.73. The van der Waals surface area contributed by atoms with Crippen LogP contribution in [0.1, 0.15) is 17.5 Å². The molecule has 1 saturated heterocycles. The van der Waals surface area contributed by atoms with Crippen LogP contribution in [0.15, 0.2) is 47.7 Å². The first-order chi connectivity index (χ1) is 12.2. The van der Waals surface area contributed by atoms with Crippen molar-refractivity contribution in [1.82, 2.24) is 25.3 Å². The monoisotopic (exact) mass is 468 g/mol. The number of benzene rings is 1. The van der Waals surface area contributed by atoms with Crippen LogP contribution in [0, 0.1) is 5.92 Å². The van der Waals surface area contributed by atoms with E-state index in [4.69, 9.17) is 0 Å². The van der Waals surface area contributed by atoms with Gasteiger partial charge in [-0.3, -0.25) is 9.67 Å². The second kappa shape index (κ2) is 10.5. The summed E-state index contributed by atoms with van der Waals surface area (Å²) in [6.07, 6.45) is 5.06. The van der Waals surface area contributed by atoms with E-state index in [0.29, 0.717) is 5.92 Å². The van der Waals surface area contributed by atoms with Crippen molar-refractivity contribution in [3.05, 3.63) is 53.9 Å². The first kappa shape index (κ1) is 20.7. The molecular formula is C19H29IN6. The molecule has 142 valence electrons. The highest BCUT2D eigenvalue weighted by Crippen LogP contribution is 2.13. The number of likely N-dealkylation sites (tertiary alicyclic amines) is 1. The first-order valence-electron chi connectivity index (χ1n) is 8.92. The summed E-state index contributed by atoms with van der Waals surface area (Å²) in [5, 5.41) is 11.2. The van der Waals surface area contributed by atoms with Gasteiger partial charge >= 0.3 is 0 Å². The van der Waals surface area contributed by atoms with Gasteiger partial charge in [0.05, 0.1) is 6.54 Å². The van der Waals surface area contributed by atoms with Gasteiger partial charge in [-0.15, -0.1) is 24.0 Å². The van der Waals surface area contributed by atoms with Crippen LogP contribution in [0.3, 0.4) is 0 Å². The number of aliphatic imine (C=N–C) groups is 1. The summed E-state index contributed by atoms with van der Waals surface area (Å²) < 4.78 is 1.95. The highest BCUT2D eigenvalue weighted by atomic mass is 127. The predicted molar refractivity (Wildman–Crippen MR) is 117 cm³/mol. The number of guanidine groups is 1. The maximum Gasteiger partial charge on any atom is 0.191 e. The van der Waals surface area contributed by atoms with Crippen molar-refractivity contribution in [2.24, 2.45) is 10.9 Å². The van der Waals surface area contributed by atoms with E-state index in [0.717, 1.165) is 32.1 Å². The minimum atomic E-state index is 0. The molecule has 0 radical (unpaired) electrons. The van der Waals surface area contributed by atoms with Gasteiger partial charge in [0.1, 0.15) is 0 Å². The fraction of sp³-hybridized carbons (Fsp3) is 0.474. The molecule has 26 heavy (non-hydrogen) atoms. The van der Waals surface area contributed by atoms with Gasteiger partial charge in [0, 0.05) is 39.1 Å². The van der Waals surface area contributed by atoms with E-state index >= 15 is 0 Å². The maximum absolute atomic E-state index is 4.35. The summed E-state index contributed by atoms with van der Waals surface area (Å²) in [6.45, 7) is 4.86. The molecule has 1 fully saturated rings. The van der Waals surface area contributed by atoms with Crippen molar-refractivity contribution in [2.75, 3.05) is 33.7 Å². The van der Waals surface area contributed by atoms with Crippen molar-refractivity contribution in [1.29, 1.82) is 0 Å². The Labute approximate surface area is 173 Å². The van der Waals surface area contributed by atoms with Crippen molar-refractivity contribution < 1.29 is 0 Å².